The van der Waals surface area contributed by atoms with Gasteiger partial charge in [-0.05, 0) is 57.4 Å². The molecule has 3 nitrogen and oxygen atoms in total. The molecule has 1 atom stereocenters. The number of rotatable bonds is 4. The van der Waals surface area contributed by atoms with E-state index in [4.69, 9.17) is 0 Å². The molecule has 23 heavy (non-hydrogen) atoms. The Hall–Kier alpha value is -1.69. The smallest absolute Gasteiger partial charge is 0.207 e. The van der Waals surface area contributed by atoms with Crippen LogP contribution in [0.15, 0.2) is 76.1 Å². The van der Waals surface area contributed by atoms with Gasteiger partial charge in [-0.1, -0.05) is 48.5 Å². The summed E-state index contributed by atoms with van der Waals surface area (Å²) in [6.07, 6.45) is 0. The molecule has 0 amide bonds. The summed E-state index contributed by atoms with van der Waals surface area (Å²) < 4.78 is 28.4. The zero-order valence-electron chi connectivity index (χ0n) is 12.5. The van der Waals surface area contributed by atoms with Gasteiger partial charge in [-0.2, -0.15) is 0 Å². The van der Waals surface area contributed by atoms with Crippen LogP contribution in [0.4, 0.5) is 0 Å². The fourth-order valence-electron chi connectivity index (χ4n) is 2.50. The monoisotopic (exact) mass is 389 g/mol. The molecule has 0 unspecified atom stereocenters. The standard InChI is InChI=1S/C18H16BrNO2S/c1-13(15-11-10-14-6-2-3-7-16(14)12-15)20-23(21,22)18-9-5-4-8-17(18)19/h2-13,20H,1H3/t13-/m0/s1. The van der Waals surface area contributed by atoms with Crippen LogP contribution in [0.5, 0.6) is 0 Å². The molecular weight excluding hydrogens is 374 g/mol. The first-order valence-corrected chi connectivity index (χ1v) is 9.50. The topological polar surface area (TPSA) is 46.2 Å². The largest absolute Gasteiger partial charge is 0.242 e. The molecule has 118 valence electrons. The SMILES string of the molecule is C[C@H](NS(=O)(=O)c1ccccc1Br)c1ccc2ccccc2c1. The summed E-state index contributed by atoms with van der Waals surface area (Å²) >= 11 is 3.29. The van der Waals surface area contributed by atoms with E-state index in [1.807, 2.05) is 49.4 Å². The summed E-state index contributed by atoms with van der Waals surface area (Å²) in [7, 11) is -3.59. The number of halogens is 1. The molecule has 0 aliphatic carbocycles. The molecule has 0 saturated heterocycles. The van der Waals surface area contributed by atoms with Crippen LogP contribution in [0.3, 0.4) is 0 Å². The Labute approximate surface area is 144 Å². The highest BCUT2D eigenvalue weighted by Crippen LogP contribution is 2.25. The molecule has 1 N–H and O–H groups in total. The number of sulfonamides is 1. The Morgan fingerprint density at radius 1 is 0.913 bits per heavy atom. The molecule has 0 radical (unpaired) electrons. The third-order valence-corrected chi connectivity index (χ3v) is 6.28. The van der Waals surface area contributed by atoms with Gasteiger partial charge >= 0.3 is 0 Å². The van der Waals surface area contributed by atoms with E-state index < -0.39 is 10.0 Å². The van der Waals surface area contributed by atoms with Crippen molar-refractivity contribution >= 4 is 36.7 Å². The van der Waals surface area contributed by atoms with Crippen molar-refractivity contribution in [3.8, 4) is 0 Å². The van der Waals surface area contributed by atoms with Gasteiger partial charge < -0.3 is 0 Å². The summed E-state index contributed by atoms with van der Waals surface area (Å²) in [4.78, 5) is 0.243. The highest BCUT2D eigenvalue weighted by Gasteiger charge is 2.20. The first-order valence-electron chi connectivity index (χ1n) is 7.23. The van der Waals surface area contributed by atoms with Crippen molar-refractivity contribution < 1.29 is 8.42 Å². The molecule has 0 saturated carbocycles. The Bertz CT molecular complexity index is 954. The van der Waals surface area contributed by atoms with E-state index in [0.717, 1.165) is 16.3 Å². The highest BCUT2D eigenvalue weighted by atomic mass is 79.9. The Balaban J connectivity index is 1.90. The number of nitrogens with one attached hydrogen (secondary N) is 1. The van der Waals surface area contributed by atoms with Crippen molar-refractivity contribution in [2.24, 2.45) is 0 Å². The maximum Gasteiger partial charge on any atom is 0.242 e. The zero-order chi connectivity index (χ0) is 16.4. The summed E-state index contributed by atoms with van der Waals surface area (Å²) in [5.74, 6) is 0. The van der Waals surface area contributed by atoms with Crippen LogP contribution in [0.1, 0.15) is 18.5 Å². The van der Waals surface area contributed by atoms with Crippen LogP contribution in [-0.4, -0.2) is 8.42 Å². The van der Waals surface area contributed by atoms with Crippen LogP contribution >= 0.6 is 15.9 Å². The first-order chi connectivity index (χ1) is 11.0. The lowest BCUT2D eigenvalue weighted by molar-refractivity contribution is 0.566. The molecule has 0 aromatic heterocycles. The lowest BCUT2D eigenvalue weighted by Crippen LogP contribution is -2.27. The minimum absolute atomic E-state index is 0.243. The average molecular weight is 390 g/mol. The van der Waals surface area contributed by atoms with E-state index in [0.29, 0.717) is 4.47 Å². The Kier molecular flexibility index (Phi) is 4.53. The third-order valence-electron chi connectivity index (χ3n) is 3.73. The van der Waals surface area contributed by atoms with Crippen molar-refractivity contribution in [2.45, 2.75) is 17.9 Å². The lowest BCUT2D eigenvalue weighted by Gasteiger charge is -2.16. The second-order valence-corrected chi connectivity index (χ2v) is 7.92. The first kappa shape index (κ1) is 16.2. The van der Waals surface area contributed by atoms with Gasteiger partial charge in [-0.15, -0.1) is 0 Å². The van der Waals surface area contributed by atoms with E-state index in [-0.39, 0.29) is 10.9 Å². The second-order valence-electron chi connectivity index (χ2n) is 5.38. The van der Waals surface area contributed by atoms with Crippen LogP contribution in [0.25, 0.3) is 10.8 Å². The van der Waals surface area contributed by atoms with Crippen LogP contribution in [-0.2, 0) is 10.0 Å². The van der Waals surface area contributed by atoms with E-state index in [2.05, 4.69) is 20.7 Å². The minimum Gasteiger partial charge on any atom is -0.207 e. The molecule has 3 rings (SSSR count). The van der Waals surface area contributed by atoms with Gasteiger partial charge in [0.15, 0.2) is 0 Å². The molecule has 3 aromatic carbocycles. The summed E-state index contributed by atoms with van der Waals surface area (Å²) in [5, 5.41) is 2.23. The summed E-state index contributed by atoms with van der Waals surface area (Å²) in [6, 6.07) is 20.5. The van der Waals surface area contributed by atoms with Crippen molar-refractivity contribution in [3.05, 3.63) is 76.8 Å². The van der Waals surface area contributed by atoms with Gasteiger partial charge in [0.1, 0.15) is 0 Å². The molecule has 0 bridgehead atoms. The maximum absolute atomic E-state index is 12.6. The normalized spacial score (nSPS) is 13.1. The molecule has 0 heterocycles. The van der Waals surface area contributed by atoms with Gasteiger partial charge in [-0.3, -0.25) is 0 Å². The molecule has 5 heteroatoms. The number of hydrogen-bond acceptors (Lipinski definition) is 2. The summed E-state index contributed by atoms with van der Waals surface area (Å²) in [5.41, 5.74) is 0.930. The van der Waals surface area contributed by atoms with Crippen LogP contribution in [0, 0.1) is 0 Å². The van der Waals surface area contributed by atoms with Gasteiger partial charge in [0.25, 0.3) is 0 Å². The van der Waals surface area contributed by atoms with Gasteiger partial charge in [0.2, 0.25) is 10.0 Å². The third kappa shape index (κ3) is 3.47. The Morgan fingerprint density at radius 2 is 1.57 bits per heavy atom. The second kappa shape index (κ2) is 6.43. The lowest BCUT2D eigenvalue weighted by atomic mass is 10.0. The van der Waals surface area contributed by atoms with E-state index in [1.54, 1.807) is 24.3 Å². The van der Waals surface area contributed by atoms with E-state index >= 15 is 0 Å². The predicted octanol–water partition coefficient (Wildman–Crippen LogP) is 4.64. The van der Waals surface area contributed by atoms with Crippen molar-refractivity contribution in [1.29, 1.82) is 0 Å². The average Bonchev–Trinajstić information content (AvgIpc) is 2.54. The van der Waals surface area contributed by atoms with Gasteiger partial charge in [-0.25, -0.2) is 13.1 Å². The molecule has 0 aliphatic heterocycles. The van der Waals surface area contributed by atoms with E-state index in [9.17, 15) is 8.42 Å². The maximum atomic E-state index is 12.6. The number of hydrogen-bond donors (Lipinski definition) is 1. The van der Waals surface area contributed by atoms with Crippen LogP contribution < -0.4 is 4.72 Å². The number of fused-ring (bicyclic) bond motifs is 1. The fraction of sp³-hybridized carbons (Fsp3) is 0.111. The fourth-order valence-corrected chi connectivity index (χ4v) is 4.74. The Morgan fingerprint density at radius 3 is 2.30 bits per heavy atom. The zero-order valence-corrected chi connectivity index (χ0v) is 14.9. The van der Waals surface area contributed by atoms with Crippen molar-refractivity contribution in [3.63, 3.8) is 0 Å². The van der Waals surface area contributed by atoms with Gasteiger partial charge in [0.05, 0.1) is 4.90 Å². The quantitative estimate of drug-likeness (QED) is 0.706. The van der Waals surface area contributed by atoms with Crippen LogP contribution in [0.2, 0.25) is 0 Å². The summed E-state index contributed by atoms with van der Waals surface area (Å²) in [6.45, 7) is 1.85. The number of benzene rings is 3. The molecule has 0 fully saturated rings. The van der Waals surface area contributed by atoms with Gasteiger partial charge in [0, 0.05) is 10.5 Å². The van der Waals surface area contributed by atoms with Crippen molar-refractivity contribution in [1.82, 2.24) is 4.72 Å². The molecule has 3 aromatic rings. The van der Waals surface area contributed by atoms with Crippen molar-refractivity contribution in [2.75, 3.05) is 0 Å². The molecule has 0 aliphatic rings. The molecule has 0 spiro atoms. The minimum atomic E-state index is -3.59. The molecular formula is C18H16BrNO2S. The highest BCUT2D eigenvalue weighted by molar-refractivity contribution is 9.10. The van der Waals surface area contributed by atoms with E-state index in [1.165, 1.54) is 0 Å². The predicted molar refractivity (Wildman–Crippen MR) is 96.8 cm³/mol.